The Labute approximate surface area is 167 Å². The zero-order chi connectivity index (χ0) is 21.1. The fourth-order valence-electron chi connectivity index (χ4n) is 3.27. The predicted molar refractivity (Wildman–Crippen MR) is 105 cm³/mol. The van der Waals surface area contributed by atoms with Crippen LogP contribution in [0.4, 0.5) is 25.0 Å². The Balaban J connectivity index is 1.68. The van der Waals surface area contributed by atoms with Gasteiger partial charge in [0.25, 0.3) is 0 Å². The number of ether oxygens (including phenoxy) is 1. The van der Waals surface area contributed by atoms with E-state index in [1.54, 1.807) is 17.9 Å². The van der Waals surface area contributed by atoms with E-state index in [-0.39, 0.29) is 17.7 Å². The Morgan fingerprint density at radius 2 is 1.69 bits per heavy atom. The normalized spacial score (nSPS) is 14.0. The summed E-state index contributed by atoms with van der Waals surface area (Å²) in [6.07, 6.45) is 0. The van der Waals surface area contributed by atoms with Crippen LogP contribution in [-0.2, 0) is 0 Å². The number of rotatable bonds is 4. The Bertz CT molecular complexity index is 923. The summed E-state index contributed by atoms with van der Waals surface area (Å²) in [6.45, 7) is 4.71. The van der Waals surface area contributed by atoms with E-state index in [0.717, 1.165) is 6.07 Å². The molecule has 1 saturated heterocycles. The fourth-order valence-corrected chi connectivity index (χ4v) is 3.27. The highest BCUT2D eigenvalue weighted by molar-refractivity contribution is 5.98. The fraction of sp³-hybridized carbons (Fsp3) is 0.350. The summed E-state index contributed by atoms with van der Waals surface area (Å²) < 4.78 is 32.1. The number of nitrogens with one attached hydrogen (secondary N) is 1. The van der Waals surface area contributed by atoms with Crippen molar-refractivity contribution in [3.8, 4) is 5.88 Å². The van der Waals surface area contributed by atoms with E-state index < -0.39 is 11.6 Å². The number of urea groups is 1. The van der Waals surface area contributed by atoms with Crippen LogP contribution in [0.1, 0.15) is 23.0 Å². The second-order valence-corrected chi connectivity index (χ2v) is 6.77. The van der Waals surface area contributed by atoms with Gasteiger partial charge in [0, 0.05) is 43.5 Å². The van der Waals surface area contributed by atoms with E-state index in [2.05, 4.69) is 10.3 Å². The van der Waals surface area contributed by atoms with E-state index in [1.807, 2.05) is 4.90 Å². The molecule has 1 N–H and O–H groups in total. The molecule has 1 aromatic carbocycles. The number of anilines is 2. The van der Waals surface area contributed by atoms with Crippen molar-refractivity contribution in [2.75, 3.05) is 43.5 Å². The van der Waals surface area contributed by atoms with Gasteiger partial charge in [0.2, 0.25) is 5.88 Å². The van der Waals surface area contributed by atoms with Crippen molar-refractivity contribution in [1.82, 2.24) is 9.88 Å². The molecule has 0 aliphatic carbocycles. The van der Waals surface area contributed by atoms with Crippen LogP contribution in [0.5, 0.6) is 5.88 Å². The molecule has 7 nitrogen and oxygen atoms in total. The number of ketones is 1. The minimum Gasteiger partial charge on any atom is -0.480 e. The van der Waals surface area contributed by atoms with Crippen LogP contribution >= 0.6 is 0 Å². The maximum Gasteiger partial charge on any atom is 0.322 e. The number of nitrogens with zero attached hydrogens (tertiary/aromatic N) is 3. The molecule has 29 heavy (non-hydrogen) atoms. The van der Waals surface area contributed by atoms with E-state index in [4.69, 9.17) is 4.74 Å². The topological polar surface area (TPSA) is 74.8 Å². The van der Waals surface area contributed by atoms with E-state index in [1.165, 1.54) is 26.2 Å². The number of pyridine rings is 1. The molecule has 0 spiro atoms. The number of hydrogen-bond donors (Lipinski definition) is 1. The summed E-state index contributed by atoms with van der Waals surface area (Å²) in [5.74, 6) is -1.22. The summed E-state index contributed by atoms with van der Waals surface area (Å²) >= 11 is 0. The largest absolute Gasteiger partial charge is 0.480 e. The van der Waals surface area contributed by atoms with Crippen molar-refractivity contribution < 1.29 is 23.1 Å². The lowest BCUT2D eigenvalue weighted by Crippen LogP contribution is -2.50. The Hall–Kier alpha value is -3.23. The third-order valence-electron chi connectivity index (χ3n) is 4.77. The summed E-state index contributed by atoms with van der Waals surface area (Å²) in [5.41, 5.74) is 1.67. The molecule has 154 valence electrons. The van der Waals surface area contributed by atoms with Crippen LogP contribution in [0.3, 0.4) is 0 Å². The Morgan fingerprint density at radius 3 is 2.24 bits per heavy atom. The van der Waals surface area contributed by atoms with Crippen LogP contribution in [0.15, 0.2) is 24.3 Å². The van der Waals surface area contributed by atoms with Gasteiger partial charge in [-0.25, -0.2) is 18.6 Å². The number of aromatic nitrogens is 1. The molecule has 1 aliphatic heterocycles. The predicted octanol–water partition coefficient (Wildman–Crippen LogP) is 3.23. The smallest absolute Gasteiger partial charge is 0.322 e. The molecule has 1 fully saturated rings. The maximum absolute atomic E-state index is 13.4. The SMILES string of the molecule is COc1nc(C)c(C(C)=O)cc1NC(=O)N1CCN(c2cc(F)cc(F)c2)CC1. The highest BCUT2D eigenvalue weighted by Gasteiger charge is 2.23. The van der Waals surface area contributed by atoms with Crippen molar-refractivity contribution in [3.63, 3.8) is 0 Å². The Morgan fingerprint density at radius 1 is 1.07 bits per heavy atom. The van der Waals surface area contributed by atoms with Gasteiger partial charge in [0.1, 0.15) is 17.3 Å². The van der Waals surface area contributed by atoms with Gasteiger partial charge >= 0.3 is 6.03 Å². The monoisotopic (exact) mass is 404 g/mol. The summed E-state index contributed by atoms with van der Waals surface area (Å²) in [6, 6.07) is 4.54. The van der Waals surface area contributed by atoms with Crippen LogP contribution in [0.2, 0.25) is 0 Å². The lowest BCUT2D eigenvalue weighted by Gasteiger charge is -2.36. The van der Waals surface area contributed by atoms with Gasteiger partial charge in [0.15, 0.2) is 5.78 Å². The quantitative estimate of drug-likeness (QED) is 0.792. The number of carbonyl (C=O) groups excluding carboxylic acids is 2. The standard InChI is InChI=1S/C20H22F2N4O3/c1-12-17(13(2)27)11-18(19(23-12)29-3)24-20(28)26-6-4-25(5-7-26)16-9-14(21)8-15(22)10-16/h8-11H,4-7H2,1-3H3,(H,24,28). The van der Waals surface area contributed by atoms with E-state index >= 15 is 0 Å². The third kappa shape index (κ3) is 4.61. The van der Waals surface area contributed by atoms with Crippen LogP contribution in [-0.4, -0.2) is 55.0 Å². The highest BCUT2D eigenvalue weighted by atomic mass is 19.1. The first-order valence-corrected chi connectivity index (χ1v) is 9.12. The molecule has 0 unspecified atom stereocenters. The first-order valence-electron chi connectivity index (χ1n) is 9.12. The first kappa shape index (κ1) is 20.5. The number of aryl methyl sites for hydroxylation is 1. The second-order valence-electron chi connectivity index (χ2n) is 6.77. The number of hydrogen-bond acceptors (Lipinski definition) is 5. The molecule has 0 bridgehead atoms. The average Bonchev–Trinajstić information content (AvgIpc) is 2.68. The second kappa shape index (κ2) is 8.42. The number of piperazine rings is 1. The van der Waals surface area contributed by atoms with Gasteiger partial charge in [-0.2, -0.15) is 0 Å². The van der Waals surface area contributed by atoms with Gasteiger partial charge in [-0.1, -0.05) is 0 Å². The maximum atomic E-state index is 13.4. The minimum atomic E-state index is -0.639. The van der Waals surface area contributed by atoms with Crippen molar-refractivity contribution in [1.29, 1.82) is 0 Å². The number of benzene rings is 1. The first-order chi connectivity index (χ1) is 13.8. The Kier molecular flexibility index (Phi) is 5.95. The molecule has 0 saturated carbocycles. The molecule has 9 heteroatoms. The number of Topliss-reactive ketones (excluding diaryl/α,β-unsaturated/α-hetero) is 1. The van der Waals surface area contributed by atoms with Crippen molar-refractivity contribution in [3.05, 3.63) is 47.2 Å². The van der Waals surface area contributed by atoms with Crippen LogP contribution < -0.4 is 15.0 Å². The van der Waals surface area contributed by atoms with Gasteiger partial charge in [-0.3, -0.25) is 4.79 Å². The molecule has 1 aliphatic rings. The summed E-state index contributed by atoms with van der Waals surface area (Å²) in [7, 11) is 1.43. The molecular weight excluding hydrogens is 382 g/mol. The molecule has 2 amide bonds. The van der Waals surface area contributed by atoms with Crippen LogP contribution in [0, 0.1) is 18.6 Å². The summed E-state index contributed by atoms with van der Waals surface area (Å²) in [5, 5.41) is 2.74. The van der Waals surface area contributed by atoms with Crippen molar-refractivity contribution >= 4 is 23.2 Å². The van der Waals surface area contributed by atoms with Gasteiger partial charge in [-0.15, -0.1) is 0 Å². The molecule has 2 heterocycles. The molecule has 0 radical (unpaired) electrons. The number of carbonyl (C=O) groups is 2. The van der Waals surface area contributed by atoms with Crippen molar-refractivity contribution in [2.24, 2.45) is 0 Å². The molecular formula is C20H22F2N4O3. The van der Waals surface area contributed by atoms with E-state index in [9.17, 15) is 18.4 Å². The molecule has 0 atom stereocenters. The minimum absolute atomic E-state index is 0.163. The zero-order valence-corrected chi connectivity index (χ0v) is 16.5. The number of halogens is 2. The van der Waals surface area contributed by atoms with Gasteiger partial charge < -0.3 is 19.9 Å². The average molecular weight is 404 g/mol. The molecule has 3 rings (SSSR count). The lowest BCUT2D eigenvalue weighted by atomic mass is 10.1. The third-order valence-corrected chi connectivity index (χ3v) is 4.77. The molecule has 1 aromatic heterocycles. The number of amides is 2. The molecule has 2 aromatic rings. The van der Waals surface area contributed by atoms with Crippen molar-refractivity contribution in [2.45, 2.75) is 13.8 Å². The van der Waals surface area contributed by atoms with Gasteiger partial charge in [0.05, 0.1) is 12.8 Å². The lowest BCUT2D eigenvalue weighted by molar-refractivity contribution is 0.101. The zero-order valence-electron chi connectivity index (χ0n) is 16.5. The van der Waals surface area contributed by atoms with Crippen LogP contribution in [0.25, 0.3) is 0 Å². The summed E-state index contributed by atoms with van der Waals surface area (Å²) in [4.78, 5) is 32.0. The van der Waals surface area contributed by atoms with E-state index in [0.29, 0.717) is 48.8 Å². The number of methoxy groups -OCH3 is 1. The van der Waals surface area contributed by atoms with Gasteiger partial charge in [-0.05, 0) is 32.0 Å². The highest BCUT2D eigenvalue weighted by Crippen LogP contribution is 2.26.